The van der Waals surface area contributed by atoms with Crippen molar-refractivity contribution in [2.75, 3.05) is 23.3 Å². The Bertz CT molecular complexity index is 1010. The normalized spacial score (nSPS) is 10.9. The van der Waals surface area contributed by atoms with Crippen LogP contribution in [0.3, 0.4) is 0 Å². The van der Waals surface area contributed by atoms with Gasteiger partial charge in [-0.25, -0.2) is 14.6 Å². The lowest BCUT2D eigenvalue weighted by atomic mass is 10.1. The lowest BCUT2D eigenvalue weighted by Crippen LogP contribution is -2.21. The molecule has 0 aliphatic rings. The molecule has 0 spiro atoms. The van der Waals surface area contributed by atoms with Crippen molar-refractivity contribution in [3.63, 3.8) is 0 Å². The first-order valence-electron chi connectivity index (χ1n) is 10.3. The van der Waals surface area contributed by atoms with E-state index in [0.717, 1.165) is 52.8 Å². The number of hydrogen-bond donors (Lipinski definition) is 1. The highest BCUT2D eigenvalue weighted by molar-refractivity contribution is 5.92. The van der Waals surface area contributed by atoms with Gasteiger partial charge in [-0.05, 0) is 71.9 Å². The van der Waals surface area contributed by atoms with Crippen LogP contribution in [0.15, 0.2) is 30.3 Å². The summed E-state index contributed by atoms with van der Waals surface area (Å²) >= 11 is 0. The smallest absolute Gasteiger partial charge is 0.251 e. The van der Waals surface area contributed by atoms with Crippen molar-refractivity contribution in [3.05, 3.63) is 58.7 Å². The molecule has 0 fully saturated rings. The van der Waals surface area contributed by atoms with E-state index < -0.39 is 0 Å². The summed E-state index contributed by atoms with van der Waals surface area (Å²) in [6.45, 7) is 13.9. The molecule has 3 aromatic rings. The number of amides is 1. The van der Waals surface area contributed by atoms with E-state index in [1.165, 1.54) is 0 Å². The topological polar surface area (TPSA) is 75.9 Å². The minimum absolute atomic E-state index is 0.0716. The van der Waals surface area contributed by atoms with Gasteiger partial charge in [0, 0.05) is 47.1 Å². The molecule has 2 heterocycles. The third kappa shape index (κ3) is 4.67. The first-order chi connectivity index (χ1) is 14.3. The van der Waals surface area contributed by atoms with Gasteiger partial charge in [0.2, 0.25) is 5.91 Å². The molecule has 0 bridgehead atoms. The summed E-state index contributed by atoms with van der Waals surface area (Å²) in [5.41, 5.74) is 6.30. The number of anilines is 2. The van der Waals surface area contributed by atoms with Crippen molar-refractivity contribution in [1.82, 2.24) is 19.7 Å². The predicted octanol–water partition coefficient (Wildman–Crippen LogP) is 3.92. The summed E-state index contributed by atoms with van der Waals surface area (Å²) in [7, 11) is 0. The van der Waals surface area contributed by atoms with Gasteiger partial charge in [0.1, 0.15) is 0 Å². The van der Waals surface area contributed by atoms with Gasteiger partial charge in [0.15, 0.2) is 0 Å². The van der Waals surface area contributed by atoms with Crippen molar-refractivity contribution >= 4 is 17.3 Å². The highest BCUT2D eigenvalue weighted by Crippen LogP contribution is 2.20. The standard InChI is InChI=1S/C23H30N6O/c1-7-28(8-2)20-11-9-19(10-12-20)26-22(30)14-21-17(5)27-29(18(21)6)23-24-15(3)13-16(4)25-23/h9-13H,7-8,14H2,1-6H3,(H,26,30). The SMILES string of the molecule is CCN(CC)c1ccc(NC(=O)Cc2c(C)nn(-c3nc(C)cc(C)n3)c2C)cc1. The van der Waals surface area contributed by atoms with E-state index in [2.05, 4.69) is 39.1 Å². The van der Waals surface area contributed by atoms with Gasteiger partial charge in [-0.1, -0.05) is 0 Å². The van der Waals surface area contributed by atoms with Crippen LogP contribution in [0.2, 0.25) is 0 Å². The van der Waals surface area contributed by atoms with Crippen molar-refractivity contribution in [2.45, 2.75) is 48.0 Å². The molecule has 0 saturated heterocycles. The van der Waals surface area contributed by atoms with Crippen LogP contribution in [0.4, 0.5) is 11.4 Å². The Labute approximate surface area is 178 Å². The van der Waals surface area contributed by atoms with E-state index in [1.807, 2.05) is 58.0 Å². The lowest BCUT2D eigenvalue weighted by Gasteiger charge is -2.21. The van der Waals surface area contributed by atoms with Crippen LogP contribution in [0.5, 0.6) is 0 Å². The van der Waals surface area contributed by atoms with Crippen LogP contribution in [0, 0.1) is 27.7 Å². The highest BCUT2D eigenvalue weighted by Gasteiger charge is 2.18. The van der Waals surface area contributed by atoms with Crippen molar-refractivity contribution in [2.24, 2.45) is 0 Å². The van der Waals surface area contributed by atoms with E-state index in [9.17, 15) is 4.79 Å². The Morgan fingerprint density at radius 3 is 2.17 bits per heavy atom. The fourth-order valence-corrected chi connectivity index (χ4v) is 3.64. The number of rotatable bonds is 7. The van der Waals surface area contributed by atoms with Crippen molar-refractivity contribution in [3.8, 4) is 5.95 Å². The zero-order valence-corrected chi connectivity index (χ0v) is 18.7. The minimum Gasteiger partial charge on any atom is -0.372 e. The maximum Gasteiger partial charge on any atom is 0.251 e. The van der Waals surface area contributed by atoms with Crippen LogP contribution in [0.25, 0.3) is 5.95 Å². The molecule has 1 aromatic carbocycles. The molecule has 7 heteroatoms. The third-order valence-electron chi connectivity index (χ3n) is 5.22. The number of aromatic nitrogens is 4. The van der Waals surface area contributed by atoms with Gasteiger partial charge >= 0.3 is 0 Å². The van der Waals surface area contributed by atoms with Gasteiger partial charge in [-0.2, -0.15) is 5.10 Å². The van der Waals surface area contributed by atoms with Gasteiger partial charge in [0.05, 0.1) is 12.1 Å². The Kier molecular flexibility index (Phi) is 6.50. The molecule has 0 radical (unpaired) electrons. The average Bonchev–Trinajstić information content (AvgIpc) is 2.97. The summed E-state index contributed by atoms with van der Waals surface area (Å²) in [6, 6.07) is 9.88. The fraction of sp³-hybridized carbons (Fsp3) is 0.391. The van der Waals surface area contributed by atoms with Crippen LogP contribution in [-0.4, -0.2) is 38.7 Å². The zero-order chi connectivity index (χ0) is 21.8. The molecule has 1 N–H and O–H groups in total. The van der Waals surface area contributed by atoms with E-state index in [4.69, 9.17) is 0 Å². The molecule has 30 heavy (non-hydrogen) atoms. The summed E-state index contributed by atoms with van der Waals surface area (Å²) in [4.78, 5) is 23.9. The van der Waals surface area contributed by atoms with E-state index in [-0.39, 0.29) is 12.3 Å². The number of nitrogens with one attached hydrogen (secondary N) is 1. The molecule has 0 unspecified atom stereocenters. The Balaban J connectivity index is 1.75. The minimum atomic E-state index is -0.0716. The second-order valence-electron chi connectivity index (χ2n) is 7.46. The van der Waals surface area contributed by atoms with Crippen LogP contribution in [0.1, 0.15) is 42.2 Å². The number of nitrogens with zero attached hydrogens (tertiary/aromatic N) is 5. The average molecular weight is 407 g/mol. The largest absolute Gasteiger partial charge is 0.372 e. The van der Waals surface area contributed by atoms with Gasteiger partial charge in [-0.15, -0.1) is 0 Å². The lowest BCUT2D eigenvalue weighted by molar-refractivity contribution is -0.115. The number of benzene rings is 1. The maximum absolute atomic E-state index is 12.7. The molecular formula is C23H30N6O. The zero-order valence-electron chi connectivity index (χ0n) is 18.7. The van der Waals surface area contributed by atoms with E-state index >= 15 is 0 Å². The monoisotopic (exact) mass is 406 g/mol. The molecule has 158 valence electrons. The van der Waals surface area contributed by atoms with Gasteiger partial charge < -0.3 is 10.2 Å². The second kappa shape index (κ2) is 9.07. The Morgan fingerprint density at radius 2 is 1.60 bits per heavy atom. The van der Waals surface area contributed by atoms with Crippen LogP contribution >= 0.6 is 0 Å². The van der Waals surface area contributed by atoms with Crippen LogP contribution in [-0.2, 0) is 11.2 Å². The number of aryl methyl sites for hydroxylation is 3. The number of carbonyl (C=O) groups is 1. The maximum atomic E-state index is 12.7. The van der Waals surface area contributed by atoms with Crippen LogP contribution < -0.4 is 10.2 Å². The fourth-order valence-electron chi connectivity index (χ4n) is 3.64. The molecule has 0 aliphatic heterocycles. The Morgan fingerprint density at radius 1 is 1.00 bits per heavy atom. The number of hydrogen-bond acceptors (Lipinski definition) is 5. The second-order valence-corrected chi connectivity index (χ2v) is 7.46. The quantitative estimate of drug-likeness (QED) is 0.643. The molecule has 7 nitrogen and oxygen atoms in total. The van der Waals surface area contributed by atoms with Gasteiger partial charge in [-0.3, -0.25) is 4.79 Å². The highest BCUT2D eigenvalue weighted by atomic mass is 16.1. The van der Waals surface area contributed by atoms with Gasteiger partial charge in [0.25, 0.3) is 5.95 Å². The summed E-state index contributed by atoms with van der Waals surface area (Å²) in [5, 5.41) is 7.57. The molecule has 2 aromatic heterocycles. The molecule has 0 atom stereocenters. The van der Waals surface area contributed by atoms with Crippen molar-refractivity contribution in [1.29, 1.82) is 0 Å². The molecule has 3 rings (SSSR count). The molecule has 0 saturated carbocycles. The first kappa shape index (κ1) is 21.5. The van der Waals surface area contributed by atoms with E-state index in [0.29, 0.717) is 5.95 Å². The molecule has 0 aliphatic carbocycles. The summed E-state index contributed by atoms with van der Waals surface area (Å²) in [6.07, 6.45) is 0.250. The van der Waals surface area contributed by atoms with E-state index in [1.54, 1.807) is 4.68 Å². The number of carbonyl (C=O) groups excluding carboxylic acids is 1. The summed E-state index contributed by atoms with van der Waals surface area (Å²) < 4.78 is 1.72. The summed E-state index contributed by atoms with van der Waals surface area (Å²) in [5.74, 6) is 0.462. The first-order valence-corrected chi connectivity index (χ1v) is 10.3. The molecule has 1 amide bonds. The molecular weight excluding hydrogens is 376 g/mol. The van der Waals surface area contributed by atoms with Crippen molar-refractivity contribution < 1.29 is 4.79 Å². The predicted molar refractivity (Wildman–Crippen MR) is 120 cm³/mol. The Hall–Kier alpha value is -3.22. The third-order valence-corrected chi connectivity index (χ3v) is 5.22.